The molecular formula is C21H26FN3O2. The summed E-state index contributed by atoms with van der Waals surface area (Å²) in [6.45, 7) is 5.73. The van der Waals surface area contributed by atoms with Gasteiger partial charge in [0.1, 0.15) is 5.82 Å². The van der Waals surface area contributed by atoms with E-state index in [1.165, 1.54) is 12.1 Å². The summed E-state index contributed by atoms with van der Waals surface area (Å²) in [6, 6.07) is 8.49. The minimum absolute atomic E-state index is 0.210. The molecule has 1 aliphatic carbocycles. The number of halogens is 1. The zero-order valence-electron chi connectivity index (χ0n) is 15.8. The summed E-state index contributed by atoms with van der Waals surface area (Å²) in [4.78, 5) is 17.8. The Bertz CT molecular complexity index is 788. The van der Waals surface area contributed by atoms with Gasteiger partial charge >= 0.3 is 0 Å². The number of nitrogens with zero attached hydrogens (tertiary/aromatic N) is 3. The monoisotopic (exact) mass is 371 g/mol. The van der Waals surface area contributed by atoms with Gasteiger partial charge < -0.3 is 9.42 Å². The molecule has 4 rings (SSSR count). The molecule has 1 aromatic heterocycles. The molecule has 1 saturated carbocycles. The number of aryl methyl sites for hydroxylation is 1. The van der Waals surface area contributed by atoms with Crippen molar-refractivity contribution < 1.29 is 13.7 Å². The highest BCUT2D eigenvalue weighted by Gasteiger charge is 2.45. The Balaban J connectivity index is 1.43. The van der Waals surface area contributed by atoms with Gasteiger partial charge in [0.15, 0.2) is 5.76 Å². The maximum Gasteiger partial charge on any atom is 0.233 e. The fraction of sp³-hybridized carbons (Fsp3) is 0.524. The first kappa shape index (κ1) is 18.2. The van der Waals surface area contributed by atoms with E-state index < -0.39 is 5.41 Å². The molecule has 0 bridgehead atoms. The number of carbonyl (C=O) groups is 1. The third kappa shape index (κ3) is 3.63. The fourth-order valence-corrected chi connectivity index (χ4v) is 4.50. The topological polar surface area (TPSA) is 49.6 Å². The second kappa shape index (κ2) is 7.43. The molecule has 2 aromatic rings. The van der Waals surface area contributed by atoms with E-state index in [0.29, 0.717) is 0 Å². The van der Waals surface area contributed by atoms with Gasteiger partial charge in [-0.1, -0.05) is 30.1 Å². The third-order valence-electron chi connectivity index (χ3n) is 5.98. The fourth-order valence-electron chi connectivity index (χ4n) is 4.50. The van der Waals surface area contributed by atoms with Crippen LogP contribution in [0.5, 0.6) is 0 Å². The molecular weight excluding hydrogens is 345 g/mol. The number of hydrogen-bond acceptors (Lipinski definition) is 4. The van der Waals surface area contributed by atoms with Crippen LogP contribution in [0, 0.1) is 12.7 Å². The Morgan fingerprint density at radius 3 is 2.41 bits per heavy atom. The number of rotatable bonds is 4. The van der Waals surface area contributed by atoms with Crippen molar-refractivity contribution in [2.24, 2.45) is 0 Å². The molecule has 6 heteroatoms. The Labute approximate surface area is 159 Å². The van der Waals surface area contributed by atoms with Crippen molar-refractivity contribution in [3.05, 3.63) is 53.2 Å². The lowest BCUT2D eigenvalue weighted by molar-refractivity contribution is -0.139. The average molecular weight is 371 g/mol. The molecule has 2 heterocycles. The molecule has 5 nitrogen and oxygen atoms in total. The van der Waals surface area contributed by atoms with Crippen LogP contribution < -0.4 is 0 Å². The van der Waals surface area contributed by atoms with Gasteiger partial charge in [-0.2, -0.15) is 0 Å². The SMILES string of the molecule is Cc1cc(CN2CCN(C(=O)C3(c4ccc(F)cc4)CCCC3)CC2)on1. The van der Waals surface area contributed by atoms with E-state index in [-0.39, 0.29) is 11.7 Å². The lowest BCUT2D eigenvalue weighted by atomic mass is 9.77. The van der Waals surface area contributed by atoms with E-state index in [4.69, 9.17) is 4.52 Å². The summed E-state index contributed by atoms with van der Waals surface area (Å²) in [6.07, 6.45) is 3.81. The first-order valence-electron chi connectivity index (χ1n) is 9.77. The van der Waals surface area contributed by atoms with Crippen LogP contribution in [0.4, 0.5) is 4.39 Å². The summed E-state index contributed by atoms with van der Waals surface area (Å²) >= 11 is 0. The highest BCUT2D eigenvalue weighted by molar-refractivity contribution is 5.88. The molecule has 27 heavy (non-hydrogen) atoms. The maximum atomic E-state index is 13.5. The molecule has 1 amide bonds. The summed E-state index contributed by atoms with van der Waals surface area (Å²) in [7, 11) is 0. The second-order valence-electron chi connectivity index (χ2n) is 7.80. The lowest BCUT2D eigenvalue weighted by Gasteiger charge is -2.39. The quantitative estimate of drug-likeness (QED) is 0.828. The molecule has 0 N–H and O–H groups in total. The van der Waals surface area contributed by atoms with Crippen LogP contribution in [0.3, 0.4) is 0 Å². The number of amides is 1. The minimum Gasteiger partial charge on any atom is -0.360 e. The van der Waals surface area contributed by atoms with Crippen molar-refractivity contribution in [3.63, 3.8) is 0 Å². The zero-order valence-corrected chi connectivity index (χ0v) is 15.8. The van der Waals surface area contributed by atoms with Crippen molar-refractivity contribution in [2.75, 3.05) is 26.2 Å². The average Bonchev–Trinajstić information content (AvgIpc) is 3.32. The van der Waals surface area contributed by atoms with Gasteiger partial charge in [0.2, 0.25) is 5.91 Å². The standard InChI is InChI=1S/C21H26FN3O2/c1-16-14-19(27-23-16)15-24-10-12-25(13-11-24)20(26)21(8-2-3-9-21)17-4-6-18(22)7-5-17/h4-7,14H,2-3,8-13,15H2,1H3. The molecule has 2 fully saturated rings. The molecule has 1 aromatic carbocycles. The minimum atomic E-state index is -0.474. The molecule has 0 unspecified atom stereocenters. The van der Waals surface area contributed by atoms with Crippen LogP contribution in [0.25, 0.3) is 0 Å². The molecule has 0 atom stereocenters. The molecule has 2 aliphatic rings. The van der Waals surface area contributed by atoms with Crippen molar-refractivity contribution in [2.45, 2.75) is 44.6 Å². The Morgan fingerprint density at radius 1 is 1.15 bits per heavy atom. The van der Waals surface area contributed by atoms with Crippen LogP contribution in [0.15, 0.2) is 34.9 Å². The van der Waals surface area contributed by atoms with Gasteiger partial charge in [-0.15, -0.1) is 0 Å². The number of benzene rings is 1. The number of piperazine rings is 1. The molecule has 0 spiro atoms. The Kier molecular flexibility index (Phi) is 5.00. The predicted molar refractivity (Wildman–Crippen MR) is 99.6 cm³/mol. The van der Waals surface area contributed by atoms with Crippen molar-refractivity contribution in [1.29, 1.82) is 0 Å². The summed E-state index contributed by atoms with van der Waals surface area (Å²) < 4.78 is 18.7. The van der Waals surface area contributed by atoms with E-state index in [2.05, 4.69) is 10.1 Å². The van der Waals surface area contributed by atoms with Crippen LogP contribution in [-0.4, -0.2) is 47.0 Å². The highest BCUT2D eigenvalue weighted by atomic mass is 19.1. The van der Waals surface area contributed by atoms with Crippen LogP contribution in [0.1, 0.15) is 42.7 Å². The molecule has 144 valence electrons. The van der Waals surface area contributed by atoms with Gasteiger partial charge in [-0.05, 0) is 37.5 Å². The number of carbonyl (C=O) groups excluding carboxylic acids is 1. The number of aromatic nitrogens is 1. The van der Waals surface area contributed by atoms with Crippen LogP contribution in [0.2, 0.25) is 0 Å². The number of hydrogen-bond donors (Lipinski definition) is 0. The van der Waals surface area contributed by atoms with Crippen LogP contribution in [-0.2, 0) is 16.8 Å². The normalized spacial score (nSPS) is 20.1. The summed E-state index contributed by atoms with van der Waals surface area (Å²) in [5, 5.41) is 3.93. The second-order valence-corrected chi connectivity index (χ2v) is 7.80. The predicted octanol–water partition coefficient (Wildman–Crippen LogP) is 3.28. The van der Waals surface area contributed by atoms with E-state index in [9.17, 15) is 9.18 Å². The van der Waals surface area contributed by atoms with E-state index >= 15 is 0 Å². The highest BCUT2D eigenvalue weighted by Crippen LogP contribution is 2.42. The molecule has 0 radical (unpaired) electrons. The van der Waals surface area contributed by atoms with Gasteiger partial charge in [0.25, 0.3) is 0 Å². The van der Waals surface area contributed by atoms with Gasteiger partial charge in [-0.3, -0.25) is 9.69 Å². The summed E-state index contributed by atoms with van der Waals surface area (Å²) in [5.74, 6) is 0.822. The van der Waals surface area contributed by atoms with E-state index in [1.54, 1.807) is 12.1 Å². The smallest absolute Gasteiger partial charge is 0.233 e. The molecule has 1 saturated heterocycles. The van der Waals surface area contributed by atoms with Gasteiger partial charge in [0, 0.05) is 32.2 Å². The van der Waals surface area contributed by atoms with Crippen molar-refractivity contribution >= 4 is 5.91 Å². The Hall–Kier alpha value is -2.21. The van der Waals surface area contributed by atoms with Crippen molar-refractivity contribution in [1.82, 2.24) is 15.0 Å². The van der Waals surface area contributed by atoms with E-state index in [1.807, 2.05) is 17.9 Å². The first-order chi connectivity index (χ1) is 13.1. The lowest BCUT2D eigenvalue weighted by Crippen LogP contribution is -2.53. The first-order valence-corrected chi connectivity index (χ1v) is 9.77. The Morgan fingerprint density at radius 2 is 1.81 bits per heavy atom. The van der Waals surface area contributed by atoms with Gasteiger partial charge in [0.05, 0.1) is 17.7 Å². The molecule has 1 aliphatic heterocycles. The largest absolute Gasteiger partial charge is 0.360 e. The third-order valence-corrected chi connectivity index (χ3v) is 5.98. The summed E-state index contributed by atoms with van der Waals surface area (Å²) in [5.41, 5.74) is 1.38. The maximum absolute atomic E-state index is 13.5. The van der Waals surface area contributed by atoms with E-state index in [0.717, 1.165) is 75.4 Å². The van der Waals surface area contributed by atoms with Crippen LogP contribution >= 0.6 is 0 Å². The van der Waals surface area contributed by atoms with Gasteiger partial charge in [-0.25, -0.2) is 4.39 Å². The zero-order chi connectivity index (χ0) is 18.9. The van der Waals surface area contributed by atoms with Crippen molar-refractivity contribution in [3.8, 4) is 0 Å².